The summed E-state index contributed by atoms with van der Waals surface area (Å²) in [5, 5.41) is 8.56. The van der Waals surface area contributed by atoms with Gasteiger partial charge in [0.1, 0.15) is 0 Å². The van der Waals surface area contributed by atoms with E-state index in [1.54, 1.807) is 0 Å². The third kappa shape index (κ3) is 24.7. The Morgan fingerprint density at radius 2 is 1.00 bits per heavy atom. The van der Waals surface area contributed by atoms with Crippen molar-refractivity contribution in [3.8, 4) is 0 Å². The molecule has 0 spiro atoms. The molecule has 0 aliphatic carbocycles. The van der Waals surface area contributed by atoms with Crippen LogP contribution < -0.4 is 0 Å². The van der Waals surface area contributed by atoms with Crippen molar-refractivity contribution in [2.24, 2.45) is 0 Å². The molecule has 27 heavy (non-hydrogen) atoms. The number of unbranched alkanes of at least 4 members (excludes halogenated alkanes) is 12. The van der Waals surface area contributed by atoms with E-state index in [9.17, 15) is 4.79 Å². The van der Waals surface area contributed by atoms with Crippen LogP contribution in [0.3, 0.4) is 0 Å². The van der Waals surface area contributed by atoms with Crippen molar-refractivity contribution in [3.63, 3.8) is 0 Å². The molecule has 0 bridgehead atoms. The molecule has 0 rings (SSSR count). The van der Waals surface area contributed by atoms with Gasteiger partial charge in [-0.1, -0.05) is 101 Å². The predicted octanol–water partition coefficient (Wildman–Crippen LogP) is 8.39. The van der Waals surface area contributed by atoms with Gasteiger partial charge in [0.25, 0.3) is 0 Å². The fourth-order valence-corrected chi connectivity index (χ4v) is 3.07. The van der Waals surface area contributed by atoms with Crippen LogP contribution >= 0.6 is 0 Å². The number of aliphatic carboxylic acids is 1. The highest BCUT2D eigenvalue weighted by Crippen LogP contribution is 2.09. The maximum absolute atomic E-state index is 10.4. The first-order chi connectivity index (χ1) is 13.3. The molecular weight excluding hydrogens is 332 g/mol. The van der Waals surface area contributed by atoms with Gasteiger partial charge in [0.2, 0.25) is 0 Å². The lowest BCUT2D eigenvalue weighted by Crippen LogP contribution is -1.93. The number of hydrogen-bond donors (Lipinski definition) is 1. The smallest absolute Gasteiger partial charge is 0.303 e. The lowest BCUT2D eigenvalue weighted by atomic mass is 10.1. The second-order valence-corrected chi connectivity index (χ2v) is 7.50. The quantitative estimate of drug-likeness (QED) is 0.171. The van der Waals surface area contributed by atoms with Crippen molar-refractivity contribution >= 4 is 5.97 Å². The van der Waals surface area contributed by atoms with E-state index >= 15 is 0 Å². The minimum atomic E-state index is -0.668. The molecule has 0 aromatic rings. The SMILES string of the molecule is CCCCCCCCC=CCC=CCC=CCCCCCCCCC(=O)O. The minimum absolute atomic E-state index is 0.325. The Hall–Kier alpha value is -1.31. The number of carboxylic acids is 1. The zero-order valence-corrected chi connectivity index (χ0v) is 17.8. The fraction of sp³-hybridized carbons (Fsp3) is 0.720. The number of rotatable bonds is 20. The van der Waals surface area contributed by atoms with E-state index in [0.717, 1.165) is 25.7 Å². The number of hydrogen-bond acceptors (Lipinski definition) is 1. The molecule has 0 aromatic carbocycles. The Morgan fingerprint density at radius 3 is 1.48 bits per heavy atom. The topological polar surface area (TPSA) is 37.3 Å². The van der Waals surface area contributed by atoms with Gasteiger partial charge in [-0.2, -0.15) is 0 Å². The third-order valence-corrected chi connectivity index (χ3v) is 4.78. The van der Waals surface area contributed by atoms with E-state index in [1.165, 1.54) is 77.0 Å². The maximum atomic E-state index is 10.4. The summed E-state index contributed by atoms with van der Waals surface area (Å²) in [6.45, 7) is 2.27. The maximum Gasteiger partial charge on any atom is 0.303 e. The molecule has 0 saturated heterocycles. The average Bonchev–Trinajstić information content (AvgIpc) is 2.65. The van der Waals surface area contributed by atoms with E-state index in [0.29, 0.717) is 6.42 Å². The molecule has 2 heteroatoms. The molecular formula is C25H44O2. The fourth-order valence-electron chi connectivity index (χ4n) is 3.07. The van der Waals surface area contributed by atoms with Crippen LogP contribution in [0.1, 0.15) is 116 Å². The first-order valence-electron chi connectivity index (χ1n) is 11.4. The average molecular weight is 377 g/mol. The van der Waals surface area contributed by atoms with Crippen LogP contribution in [0.15, 0.2) is 36.5 Å². The summed E-state index contributed by atoms with van der Waals surface area (Å²) < 4.78 is 0. The van der Waals surface area contributed by atoms with Crippen LogP contribution in [0.4, 0.5) is 0 Å². The van der Waals surface area contributed by atoms with Gasteiger partial charge >= 0.3 is 5.97 Å². The van der Waals surface area contributed by atoms with Crippen LogP contribution in [-0.4, -0.2) is 11.1 Å². The van der Waals surface area contributed by atoms with E-state index in [4.69, 9.17) is 5.11 Å². The Labute approximate surface area is 168 Å². The first-order valence-corrected chi connectivity index (χ1v) is 11.4. The van der Waals surface area contributed by atoms with Gasteiger partial charge in [-0.05, 0) is 44.9 Å². The van der Waals surface area contributed by atoms with Gasteiger partial charge in [-0.25, -0.2) is 0 Å². The third-order valence-electron chi connectivity index (χ3n) is 4.78. The summed E-state index contributed by atoms with van der Waals surface area (Å²) in [5.41, 5.74) is 0. The van der Waals surface area contributed by atoms with Gasteiger partial charge in [0.05, 0.1) is 0 Å². The van der Waals surface area contributed by atoms with E-state index < -0.39 is 5.97 Å². The van der Waals surface area contributed by atoms with E-state index in [2.05, 4.69) is 43.4 Å². The standard InChI is InChI=1S/C25H44O2/c1-2-3-4-5-6-7-8-9-10-11-12-13-14-15-16-17-18-19-20-21-22-23-24-25(26)27/h9-10,12-13,15-16H,2-8,11,14,17-24H2,1H3,(H,26,27). The summed E-state index contributed by atoms with van der Waals surface area (Å²) >= 11 is 0. The zero-order valence-electron chi connectivity index (χ0n) is 17.8. The van der Waals surface area contributed by atoms with Gasteiger partial charge in [-0.15, -0.1) is 0 Å². The highest BCUT2D eigenvalue weighted by molar-refractivity contribution is 5.66. The van der Waals surface area contributed by atoms with Crippen LogP contribution in [-0.2, 0) is 4.79 Å². The van der Waals surface area contributed by atoms with Crippen molar-refractivity contribution in [1.82, 2.24) is 0 Å². The number of carbonyl (C=O) groups is 1. The Kier molecular flexibility index (Phi) is 21.6. The summed E-state index contributed by atoms with van der Waals surface area (Å²) in [6.07, 6.45) is 33.6. The molecule has 0 heterocycles. The Bertz CT molecular complexity index is 393. The molecule has 0 unspecified atom stereocenters. The van der Waals surface area contributed by atoms with Crippen LogP contribution in [0.5, 0.6) is 0 Å². The zero-order chi connectivity index (χ0) is 19.8. The second-order valence-electron chi connectivity index (χ2n) is 7.50. The summed E-state index contributed by atoms with van der Waals surface area (Å²) in [7, 11) is 0. The summed E-state index contributed by atoms with van der Waals surface area (Å²) in [4.78, 5) is 10.4. The van der Waals surface area contributed by atoms with E-state index in [-0.39, 0.29) is 0 Å². The van der Waals surface area contributed by atoms with Gasteiger partial charge in [-0.3, -0.25) is 4.79 Å². The predicted molar refractivity (Wildman–Crippen MR) is 119 cm³/mol. The summed E-state index contributed by atoms with van der Waals surface area (Å²) in [6, 6.07) is 0. The van der Waals surface area contributed by atoms with Gasteiger partial charge in [0.15, 0.2) is 0 Å². The van der Waals surface area contributed by atoms with Crippen molar-refractivity contribution in [2.45, 2.75) is 116 Å². The normalized spacial score (nSPS) is 12.0. The van der Waals surface area contributed by atoms with Crippen molar-refractivity contribution < 1.29 is 9.90 Å². The second kappa shape index (κ2) is 22.7. The van der Waals surface area contributed by atoms with Gasteiger partial charge in [0, 0.05) is 6.42 Å². The highest BCUT2D eigenvalue weighted by Gasteiger charge is 1.96. The first kappa shape index (κ1) is 25.7. The molecule has 156 valence electrons. The minimum Gasteiger partial charge on any atom is -0.481 e. The molecule has 0 atom stereocenters. The molecule has 0 aromatic heterocycles. The Morgan fingerprint density at radius 1 is 0.593 bits per heavy atom. The van der Waals surface area contributed by atoms with Crippen LogP contribution in [0, 0.1) is 0 Å². The largest absolute Gasteiger partial charge is 0.481 e. The lowest BCUT2D eigenvalue weighted by molar-refractivity contribution is -0.137. The molecule has 0 aliphatic heterocycles. The molecule has 0 radical (unpaired) electrons. The van der Waals surface area contributed by atoms with Gasteiger partial charge < -0.3 is 5.11 Å². The molecule has 0 amide bonds. The highest BCUT2D eigenvalue weighted by atomic mass is 16.4. The molecule has 2 nitrogen and oxygen atoms in total. The molecule has 0 fully saturated rings. The molecule has 0 aliphatic rings. The monoisotopic (exact) mass is 376 g/mol. The van der Waals surface area contributed by atoms with Crippen molar-refractivity contribution in [1.29, 1.82) is 0 Å². The van der Waals surface area contributed by atoms with Crippen LogP contribution in [0.25, 0.3) is 0 Å². The van der Waals surface area contributed by atoms with Crippen LogP contribution in [0.2, 0.25) is 0 Å². The molecule has 0 saturated carbocycles. The molecule has 1 N–H and O–H groups in total. The Balaban J connectivity index is 3.26. The summed E-state index contributed by atoms with van der Waals surface area (Å²) in [5.74, 6) is -0.668. The number of carboxylic acid groups (broad SMARTS) is 1. The van der Waals surface area contributed by atoms with Crippen molar-refractivity contribution in [3.05, 3.63) is 36.5 Å². The van der Waals surface area contributed by atoms with E-state index in [1.807, 2.05) is 0 Å². The van der Waals surface area contributed by atoms with Crippen molar-refractivity contribution in [2.75, 3.05) is 0 Å². The number of allylic oxidation sites excluding steroid dienone is 6. The lowest BCUT2D eigenvalue weighted by Gasteiger charge is -1.99.